The van der Waals surface area contributed by atoms with Crippen molar-refractivity contribution in [1.82, 2.24) is 4.31 Å². The SMILES string of the molecule is COc1ccc(C(=O)Nc2ccc(F)c(F)c2F)cc1S(=O)(=O)N1CCCC1. The summed E-state index contributed by atoms with van der Waals surface area (Å²) in [6.07, 6.45) is 1.47. The number of methoxy groups -OCH3 is 1. The minimum Gasteiger partial charge on any atom is -0.495 e. The van der Waals surface area contributed by atoms with Gasteiger partial charge in [-0.15, -0.1) is 0 Å². The van der Waals surface area contributed by atoms with Gasteiger partial charge >= 0.3 is 0 Å². The van der Waals surface area contributed by atoms with Crippen LogP contribution in [0.15, 0.2) is 35.2 Å². The number of carbonyl (C=O) groups excluding carboxylic acids is 1. The van der Waals surface area contributed by atoms with E-state index in [1.807, 2.05) is 0 Å². The van der Waals surface area contributed by atoms with Crippen LogP contribution in [-0.2, 0) is 10.0 Å². The average molecular weight is 414 g/mol. The maximum atomic E-state index is 13.8. The highest BCUT2D eigenvalue weighted by molar-refractivity contribution is 7.89. The fourth-order valence-corrected chi connectivity index (χ4v) is 4.60. The third kappa shape index (κ3) is 3.69. The highest BCUT2D eigenvalue weighted by Crippen LogP contribution is 2.30. The Morgan fingerprint density at radius 3 is 2.39 bits per heavy atom. The summed E-state index contributed by atoms with van der Waals surface area (Å²) in [6.45, 7) is 0.726. The van der Waals surface area contributed by atoms with Gasteiger partial charge in [-0.3, -0.25) is 4.79 Å². The summed E-state index contributed by atoms with van der Waals surface area (Å²) in [7, 11) is -2.59. The number of anilines is 1. The lowest BCUT2D eigenvalue weighted by molar-refractivity contribution is 0.102. The van der Waals surface area contributed by atoms with Gasteiger partial charge in [-0.2, -0.15) is 4.31 Å². The first-order valence-corrected chi connectivity index (χ1v) is 9.82. The molecule has 0 unspecified atom stereocenters. The molecule has 150 valence electrons. The molecule has 2 aromatic rings. The molecule has 0 spiro atoms. The van der Waals surface area contributed by atoms with E-state index in [4.69, 9.17) is 4.74 Å². The van der Waals surface area contributed by atoms with E-state index in [0.29, 0.717) is 19.2 Å². The number of halogens is 3. The third-order valence-electron chi connectivity index (χ3n) is 4.39. The van der Waals surface area contributed by atoms with E-state index >= 15 is 0 Å². The quantitative estimate of drug-likeness (QED) is 0.763. The van der Waals surface area contributed by atoms with Gasteiger partial charge in [0.05, 0.1) is 12.8 Å². The van der Waals surface area contributed by atoms with Gasteiger partial charge < -0.3 is 10.1 Å². The second-order valence-electron chi connectivity index (χ2n) is 6.15. The molecule has 2 aromatic carbocycles. The van der Waals surface area contributed by atoms with Crippen molar-refractivity contribution in [2.45, 2.75) is 17.7 Å². The fourth-order valence-electron chi connectivity index (χ4n) is 2.90. The fraction of sp³-hybridized carbons (Fsp3) is 0.278. The van der Waals surface area contributed by atoms with Gasteiger partial charge in [-0.05, 0) is 43.2 Å². The van der Waals surface area contributed by atoms with Crippen LogP contribution >= 0.6 is 0 Å². The van der Waals surface area contributed by atoms with Crippen LogP contribution in [0, 0.1) is 17.5 Å². The van der Waals surface area contributed by atoms with Crippen molar-refractivity contribution in [2.24, 2.45) is 0 Å². The van der Waals surface area contributed by atoms with Gasteiger partial charge in [0.25, 0.3) is 5.91 Å². The molecule has 0 atom stereocenters. The Hall–Kier alpha value is -2.59. The van der Waals surface area contributed by atoms with E-state index < -0.39 is 39.1 Å². The topological polar surface area (TPSA) is 75.7 Å². The van der Waals surface area contributed by atoms with E-state index in [-0.39, 0.29) is 16.2 Å². The first-order valence-electron chi connectivity index (χ1n) is 8.38. The lowest BCUT2D eigenvalue weighted by Crippen LogP contribution is -2.28. The largest absolute Gasteiger partial charge is 0.495 e. The number of amides is 1. The van der Waals surface area contributed by atoms with E-state index in [2.05, 4.69) is 5.32 Å². The molecule has 1 aliphatic rings. The molecule has 3 rings (SSSR count). The molecule has 6 nitrogen and oxygen atoms in total. The van der Waals surface area contributed by atoms with Crippen molar-refractivity contribution in [2.75, 3.05) is 25.5 Å². The zero-order valence-electron chi connectivity index (χ0n) is 14.8. The highest BCUT2D eigenvalue weighted by atomic mass is 32.2. The summed E-state index contributed by atoms with van der Waals surface area (Å²) in [4.78, 5) is 12.2. The Morgan fingerprint density at radius 1 is 1.07 bits per heavy atom. The summed E-state index contributed by atoms with van der Waals surface area (Å²) >= 11 is 0. The van der Waals surface area contributed by atoms with Crippen molar-refractivity contribution in [3.05, 3.63) is 53.3 Å². The number of nitrogens with one attached hydrogen (secondary N) is 1. The lowest BCUT2D eigenvalue weighted by atomic mass is 10.2. The molecule has 0 bridgehead atoms. The molecular weight excluding hydrogens is 397 g/mol. The van der Waals surface area contributed by atoms with Crippen LogP contribution in [0.25, 0.3) is 0 Å². The van der Waals surface area contributed by atoms with Crippen LogP contribution in [0.4, 0.5) is 18.9 Å². The molecule has 0 aliphatic carbocycles. The molecule has 28 heavy (non-hydrogen) atoms. The van der Waals surface area contributed by atoms with E-state index in [1.165, 1.54) is 23.5 Å². The van der Waals surface area contributed by atoms with E-state index in [0.717, 1.165) is 25.0 Å². The Kier molecular flexibility index (Phi) is 5.61. The van der Waals surface area contributed by atoms with Gasteiger partial charge in [0.2, 0.25) is 10.0 Å². The molecule has 1 aliphatic heterocycles. The predicted octanol–water partition coefficient (Wildman–Crippen LogP) is 3.15. The monoisotopic (exact) mass is 414 g/mol. The summed E-state index contributed by atoms with van der Waals surface area (Å²) in [5.41, 5.74) is -0.675. The van der Waals surface area contributed by atoms with Gasteiger partial charge in [0.1, 0.15) is 10.6 Å². The van der Waals surface area contributed by atoms with Crippen molar-refractivity contribution in [3.63, 3.8) is 0 Å². The molecule has 1 saturated heterocycles. The summed E-state index contributed by atoms with van der Waals surface area (Å²) in [6, 6.07) is 5.25. The minimum absolute atomic E-state index is 0.0578. The van der Waals surface area contributed by atoms with Gasteiger partial charge in [0, 0.05) is 18.7 Å². The van der Waals surface area contributed by atoms with Gasteiger partial charge in [-0.25, -0.2) is 21.6 Å². The van der Waals surface area contributed by atoms with Crippen LogP contribution in [0.3, 0.4) is 0 Å². The Labute approximate surface area is 160 Å². The number of rotatable bonds is 5. The summed E-state index contributed by atoms with van der Waals surface area (Å²) in [5, 5.41) is 2.11. The van der Waals surface area contributed by atoms with Crippen molar-refractivity contribution < 1.29 is 31.1 Å². The van der Waals surface area contributed by atoms with Crippen molar-refractivity contribution in [3.8, 4) is 5.75 Å². The van der Waals surface area contributed by atoms with Crippen LogP contribution in [0.5, 0.6) is 5.75 Å². The molecule has 1 fully saturated rings. The number of benzene rings is 2. The summed E-state index contributed by atoms with van der Waals surface area (Å²) in [5.74, 6) is -5.48. The van der Waals surface area contributed by atoms with Crippen LogP contribution in [-0.4, -0.2) is 38.8 Å². The number of sulfonamides is 1. The predicted molar refractivity (Wildman–Crippen MR) is 95.3 cm³/mol. The molecule has 1 heterocycles. The smallest absolute Gasteiger partial charge is 0.255 e. The Morgan fingerprint density at radius 2 is 1.75 bits per heavy atom. The minimum atomic E-state index is -3.89. The first kappa shape index (κ1) is 20.2. The lowest BCUT2D eigenvalue weighted by Gasteiger charge is -2.18. The maximum Gasteiger partial charge on any atom is 0.255 e. The van der Waals surface area contributed by atoms with Gasteiger partial charge in [-0.1, -0.05) is 0 Å². The van der Waals surface area contributed by atoms with Crippen LogP contribution in [0.2, 0.25) is 0 Å². The molecule has 1 N–H and O–H groups in total. The molecule has 0 radical (unpaired) electrons. The number of ether oxygens (including phenoxy) is 1. The second kappa shape index (κ2) is 7.80. The Balaban J connectivity index is 1.95. The van der Waals surface area contributed by atoms with Crippen LogP contribution in [0.1, 0.15) is 23.2 Å². The molecule has 1 amide bonds. The standard InChI is InChI=1S/C18H17F3N2O4S/c1-27-14-7-4-11(10-15(14)28(25,26)23-8-2-3-9-23)18(24)22-13-6-5-12(19)16(20)17(13)21/h4-7,10H,2-3,8-9H2,1H3,(H,22,24). The van der Waals surface area contributed by atoms with Crippen molar-refractivity contribution in [1.29, 1.82) is 0 Å². The number of hydrogen-bond acceptors (Lipinski definition) is 4. The number of nitrogens with zero attached hydrogens (tertiary/aromatic N) is 1. The van der Waals surface area contributed by atoms with E-state index in [9.17, 15) is 26.4 Å². The van der Waals surface area contributed by atoms with Crippen molar-refractivity contribution >= 4 is 21.6 Å². The maximum absolute atomic E-state index is 13.8. The van der Waals surface area contributed by atoms with Crippen LogP contribution < -0.4 is 10.1 Å². The zero-order valence-corrected chi connectivity index (χ0v) is 15.7. The Bertz CT molecular complexity index is 1020. The molecule has 10 heteroatoms. The second-order valence-corrected chi connectivity index (χ2v) is 8.06. The summed E-state index contributed by atoms with van der Waals surface area (Å²) < 4.78 is 72.2. The molecular formula is C18H17F3N2O4S. The normalized spacial score (nSPS) is 14.9. The zero-order chi connectivity index (χ0) is 20.5. The van der Waals surface area contributed by atoms with Gasteiger partial charge in [0.15, 0.2) is 17.5 Å². The first-order chi connectivity index (χ1) is 13.3. The van der Waals surface area contributed by atoms with E-state index in [1.54, 1.807) is 0 Å². The third-order valence-corrected chi connectivity index (χ3v) is 6.31. The number of hydrogen-bond donors (Lipinski definition) is 1. The molecule has 0 saturated carbocycles. The number of carbonyl (C=O) groups is 1. The highest BCUT2D eigenvalue weighted by Gasteiger charge is 2.30. The molecule has 0 aromatic heterocycles. The average Bonchev–Trinajstić information content (AvgIpc) is 3.23.